The van der Waals surface area contributed by atoms with Gasteiger partial charge in [-0.25, -0.2) is 0 Å². The van der Waals surface area contributed by atoms with Crippen molar-refractivity contribution in [3.8, 4) is 0 Å². The van der Waals surface area contributed by atoms with Gasteiger partial charge in [-0.3, -0.25) is 9.59 Å². The third kappa shape index (κ3) is 3.66. The standard InChI is InChI=1S/C5H10N2O2/c1-3(6)4(8)2-5(7)9/h3H,2,6H2,1H3,(H2,7,9)/t3-/m0/s1. The van der Waals surface area contributed by atoms with Crippen LogP contribution in [0.5, 0.6) is 0 Å². The van der Waals surface area contributed by atoms with Crippen molar-refractivity contribution in [1.29, 1.82) is 0 Å². The van der Waals surface area contributed by atoms with Gasteiger partial charge in [-0.1, -0.05) is 0 Å². The minimum absolute atomic E-state index is 0.252. The van der Waals surface area contributed by atoms with Gasteiger partial charge in [0, 0.05) is 0 Å². The second-order valence-electron chi connectivity index (χ2n) is 1.90. The highest BCUT2D eigenvalue weighted by atomic mass is 16.2. The Morgan fingerprint density at radius 3 is 2.11 bits per heavy atom. The second-order valence-corrected chi connectivity index (χ2v) is 1.90. The fourth-order valence-electron chi connectivity index (χ4n) is 0.333. The summed E-state index contributed by atoms with van der Waals surface area (Å²) in [6.07, 6.45) is -0.252. The Bertz CT molecular complexity index is 131. The second kappa shape index (κ2) is 3.19. The number of amides is 1. The molecule has 52 valence electrons. The van der Waals surface area contributed by atoms with Crippen LogP contribution in [0.4, 0.5) is 0 Å². The van der Waals surface area contributed by atoms with E-state index < -0.39 is 11.9 Å². The fourth-order valence-corrected chi connectivity index (χ4v) is 0.333. The van der Waals surface area contributed by atoms with Crippen LogP contribution in [0.2, 0.25) is 0 Å². The highest BCUT2D eigenvalue weighted by molar-refractivity contribution is 5.99. The van der Waals surface area contributed by atoms with Crippen molar-refractivity contribution in [2.24, 2.45) is 11.5 Å². The van der Waals surface area contributed by atoms with E-state index >= 15 is 0 Å². The highest BCUT2D eigenvalue weighted by Crippen LogP contribution is 1.84. The average molecular weight is 130 g/mol. The SMILES string of the molecule is C[C@H](N)C(=O)CC(N)=O. The number of carbonyl (C=O) groups excluding carboxylic acids is 2. The van der Waals surface area contributed by atoms with E-state index in [4.69, 9.17) is 11.5 Å². The molecule has 0 spiro atoms. The predicted molar refractivity (Wildman–Crippen MR) is 32.5 cm³/mol. The van der Waals surface area contributed by atoms with Gasteiger partial charge in [0.15, 0.2) is 5.78 Å². The van der Waals surface area contributed by atoms with Crippen LogP contribution in [0, 0.1) is 0 Å². The molecule has 0 aliphatic carbocycles. The van der Waals surface area contributed by atoms with Crippen LogP contribution in [0.15, 0.2) is 0 Å². The first-order valence-electron chi connectivity index (χ1n) is 2.60. The molecule has 0 aromatic rings. The van der Waals surface area contributed by atoms with E-state index in [0.29, 0.717) is 0 Å². The number of hydrogen-bond donors (Lipinski definition) is 2. The van der Waals surface area contributed by atoms with Crippen molar-refractivity contribution in [1.82, 2.24) is 0 Å². The van der Waals surface area contributed by atoms with Crippen LogP contribution >= 0.6 is 0 Å². The summed E-state index contributed by atoms with van der Waals surface area (Å²) >= 11 is 0. The van der Waals surface area contributed by atoms with Gasteiger partial charge in [-0.15, -0.1) is 0 Å². The minimum atomic E-state index is -0.627. The topological polar surface area (TPSA) is 86.2 Å². The lowest BCUT2D eigenvalue weighted by Crippen LogP contribution is -2.30. The molecule has 0 aromatic carbocycles. The molecule has 0 fully saturated rings. The zero-order valence-electron chi connectivity index (χ0n) is 5.26. The number of Topliss-reactive ketones (excluding diaryl/α,β-unsaturated/α-hetero) is 1. The Morgan fingerprint density at radius 2 is 2.00 bits per heavy atom. The molecule has 1 amide bonds. The number of nitrogens with two attached hydrogens (primary N) is 2. The molecule has 4 nitrogen and oxygen atoms in total. The monoisotopic (exact) mass is 130 g/mol. The zero-order chi connectivity index (χ0) is 7.44. The molecule has 4 heteroatoms. The van der Waals surface area contributed by atoms with Crippen LogP contribution in [-0.4, -0.2) is 17.7 Å². The summed E-state index contributed by atoms with van der Waals surface area (Å²) in [5, 5.41) is 0. The third-order valence-corrected chi connectivity index (χ3v) is 0.856. The summed E-state index contributed by atoms with van der Waals surface area (Å²) in [6, 6.07) is -0.586. The van der Waals surface area contributed by atoms with E-state index in [-0.39, 0.29) is 12.2 Å². The number of primary amides is 1. The van der Waals surface area contributed by atoms with E-state index in [1.54, 1.807) is 0 Å². The van der Waals surface area contributed by atoms with Gasteiger partial charge in [0.2, 0.25) is 5.91 Å². The van der Waals surface area contributed by atoms with Crippen molar-refractivity contribution >= 4 is 11.7 Å². The van der Waals surface area contributed by atoms with Gasteiger partial charge in [0.25, 0.3) is 0 Å². The van der Waals surface area contributed by atoms with Crippen LogP contribution in [-0.2, 0) is 9.59 Å². The van der Waals surface area contributed by atoms with E-state index in [9.17, 15) is 9.59 Å². The van der Waals surface area contributed by atoms with Crippen LogP contribution in [0.1, 0.15) is 13.3 Å². The predicted octanol–water partition coefficient (Wildman–Crippen LogP) is -1.22. The molecule has 0 aliphatic heterocycles. The first-order valence-corrected chi connectivity index (χ1v) is 2.60. The number of ketones is 1. The summed E-state index contributed by atoms with van der Waals surface area (Å²) in [6.45, 7) is 1.52. The normalized spacial score (nSPS) is 12.7. The summed E-state index contributed by atoms with van der Waals surface area (Å²) < 4.78 is 0. The van der Waals surface area contributed by atoms with Gasteiger partial charge in [0.05, 0.1) is 12.5 Å². The van der Waals surface area contributed by atoms with Crippen molar-refractivity contribution < 1.29 is 9.59 Å². The summed E-state index contributed by atoms with van der Waals surface area (Å²) in [5.74, 6) is -0.945. The first kappa shape index (κ1) is 8.10. The smallest absolute Gasteiger partial charge is 0.224 e. The van der Waals surface area contributed by atoms with Crippen LogP contribution in [0.25, 0.3) is 0 Å². The van der Waals surface area contributed by atoms with E-state index in [1.165, 1.54) is 6.92 Å². The van der Waals surface area contributed by atoms with E-state index in [2.05, 4.69) is 0 Å². The quantitative estimate of drug-likeness (QED) is 0.469. The highest BCUT2D eigenvalue weighted by Gasteiger charge is 2.09. The Morgan fingerprint density at radius 1 is 1.56 bits per heavy atom. The molecule has 0 aromatic heterocycles. The molecule has 0 heterocycles. The van der Waals surface area contributed by atoms with Crippen molar-refractivity contribution in [2.75, 3.05) is 0 Å². The Hall–Kier alpha value is -0.900. The molecule has 1 atom stereocenters. The van der Waals surface area contributed by atoms with Gasteiger partial charge in [0.1, 0.15) is 0 Å². The summed E-state index contributed by atoms with van der Waals surface area (Å²) in [5.41, 5.74) is 9.84. The molecule has 0 rings (SSSR count). The average Bonchev–Trinajstić information content (AvgIpc) is 1.63. The van der Waals surface area contributed by atoms with Crippen molar-refractivity contribution in [3.63, 3.8) is 0 Å². The van der Waals surface area contributed by atoms with Crippen molar-refractivity contribution in [3.05, 3.63) is 0 Å². The van der Waals surface area contributed by atoms with E-state index in [1.807, 2.05) is 0 Å². The zero-order valence-corrected chi connectivity index (χ0v) is 5.26. The number of carbonyl (C=O) groups is 2. The molecule has 0 radical (unpaired) electrons. The lowest BCUT2D eigenvalue weighted by Gasteiger charge is -1.98. The van der Waals surface area contributed by atoms with E-state index in [0.717, 1.165) is 0 Å². The molecule has 4 N–H and O–H groups in total. The van der Waals surface area contributed by atoms with Gasteiger partial charge in [-0.05, 0) is 6.92 Å². The lowest BCUT2D eigenvalue weighted by atomic mass is 10.2. The molecule has 0 aliphatic rings. The molecule has 0 saturated heterocycles. The maximum absolute atomic E-state index is 10.5. The lowest BCUT2D eigenvalue weighted by molar-refractivity contribution is -0.126. The molecule has 9 heavy (non-hydrogen) atoms. The van der Waals surface area contributed by atoms with Gasteiger partial charge in [-0.2, -0.15) is 0 Å². The maximum atomic E-state index is 10.5. The Balaban J connectivity index is 3.64. The molecule has 0 unspecified atom stereocenters. The first-order chi connectivity index (χ1) is 4.04. The molecular formula is C5H10N2O2. The van der Waals surface area contributed by atoms with Gasteiger partial charge >= 0.3 is 0 Å². The molecule has 0 saturated carbocycles. The molecule has 0 bridgehead atoms. The van der Waals surface area contributed by atoms with Crippen molar-refractivity contribution in [2.45, 2.75) is 19.4 Å². The maximum Gasteiger partial charge on any atom is 0.224 e. The summed E-state index contributed by atoms with van der Waals surface area (Å²) in [7, 11) is 0. The Kier molecular flexibility index (Phi) is 2.87. The largest absolute Gasteiger partial charge is 0.369 e. The van der Waals surface area contributed by atoms with Crippen LogP contribution in [0.3, 0.4) is 0 Å². The van der Waals surface area contributed by atoms with Gasteiger partial charge < -0.3 is 11.5 Å². The van der Waals surface area contributed by atoms with Crippen LogP contribution < -0.4 is 11.5 Å². The summed E-state index contributed by atoms with van der Waals surface area (Å²) in [4.78, 5) is 20.6. The fraction of sp³-hybridized carbons (Fsp3) is 0.600. The minimum Gasteiger partial charge on any atom is -0.369 e. The third-order valence-electron chi connectivity index (χ3n) is 0.856. The number of hydrogen-bond acceptors (Lipinski definition) is 3. The number of rotatable bonds is 3. The Labute approximate surface area is 53.2 Å². The molecular weight excluding hydrogens is 120 g/mol.